The zero-order valence-electron chi connectivity index (χ0n) is 9.40. The van der Waals surface area contributed by atoms with Crippen molar-refractivity contribution in [2.75, 3.05) is 6.61 Å². The van der Waals surface area contributed by atoms with E-state index in [9.17, 15) is 5.11 Å². The van der Waals surface area contributed by atoms with E-state index in [-0.39, 0.29) is 12.1 Å². The van der Waals surface area contributed by atoms with Gasteiger partial charge in [-0.2, -0.15) is 0 Å². The fraction of sp³-hybridized carbons (Fsp3) is 0.636. The summed E-state index contributed by atoms with van der Waals surface area (Å²) >= 11 is 0. The van der Waals surface area contributed by atoms with Gasteiger partial charge in [-0.05, 0) is 18.9 Å². The number of nitrogens with one attached hydrogen (secondary N) is 1. The molecule has 0 spiro atoms. The highest BCUT2D eigenvalue weighted by molar-refractivity contribution is 4.99. The molecule has 0 atom stereocenters. The van der Waals surface area contributed by atoms with Crippen molar-refractivity contribution in [3.8, 4) is 0 Å². The zero-order chi connectivity index (χ0) is 11.1. The molecule has 0 saturated carbocycles. The molecule has 0 aliphatic carbocycles. The van der Waals surface area contributed by atoms with Crippen LogP contribution in [0.25, 0.3) is 0 Å². The first-order valence-corrected chi connectivity index (χ1v) is 5.37. The highest BCUT2D eigenvalue weighted by atomic mass is 16.3. The van der Waals surface area contributed by atoms with Crippen LogP contribution >= 0.6 is 0 Å². The minimum absolute atomic E-state index is 0.158. The molecule has 0 unspecified atom stereocenters. The topological polar surface area (TPSA) is 58.0 Å². The Bertz CT molecular complexity index is 264. The molecule has 0 fully saturated rings. The fourth-order valence-corrected chi connectivity index (χ4v) is 1.48. The number of hydrogen-bond donors (Lipinski definition) is 2. The Kier molecular flexibility index (Phi) is 4.65. The van der Waals surface area contributed by atoms with Crippen molar-refractivity contribution in [3.63, 3.8) is 0 Å². The predicted octanol–water partition coefficient (Wildman–Crippen LogP) is 1.12. The molecule has 1 aromatic heterocycles. The van der Waals surface area contributed by atoms with Gasteiger partial charge in [0.1, 0.15) is 6.33 Å². The fourth-order valence-electron chi connectivity index (χ4n) is 1.48. The summed E-state index contributed by atoms with van der Waals surface area (Å²) in [4.78, 5) is 7.99. The second kappa shape index (κ2) is 5.78. The van der Waals surface area contributed by atoms with Crippen molar-refractivity contribution in [2.24, 2.45) is 0 Å². The minimum Gasteiger partial charge on any atom is -0.394 e. The molecule has 4 heteroatoms. The first-order chi connectivity index (χ1) is 7.26. The largest absolute Gasteiger partial charge is 0.394 e. The summed E-state index contributed by atoms with van der Waals surface area (Å²) in [5.74, 6) is 0. The van der Waals surface area contributed by atoms with Gasteiger partial charge >= 0.3 is 0 Å². The third-order valence-corrected chi connectivity index (χ3v) is 2.94. The number of aliphatic hydroxyl groups excluding tert-OH is 1. The van der Waals surface area contributed by atoms with E-state index < -0.39 is 0 Å². The lowest BCUT2D eigenvalue weighted by atomic mass is 9.94. The standard InChI is InChI=1S/C11H19N3O/c1-3-11(4-2,8-15)14-7-10-5-6-12-9-13-10/h5-6,9,14-15H,3-4,7-8H2,1-2H3. The average Bonchev–Trinajstić information content (AvgIpc) is 2.33. The van der Waals surface area contributed by atoms with E-state index >= 15 is 0 Å². The molecule has 1 aromatic rings. The number of hydrogen-bond acceptors (Lipinski definition) is 4. The molecule has 1 heterocycles. The van der Waals surface area contributed by atoms with Crippen LogP contribution in [0.3, 0.4) is 0 Å². The number of aromatic nitrogens is 2. The quantitative estimate of drug-likeness (QED) is 0.737. The second-order valence-electron chi connectivity index (χ2n) is 3.70. The number of aliphatic hydroxyl groups is 1. The third kappa shape index (κ3) is 3.25. The molecule has 0 aliphatic rings. The molecule has 1 rings (SSSR count). The van der Waals surface area contributed by atoms with E-state index in [1.165, 1.54) is 6.33 Å². The normalized spacial score (nSPS) is 11.7. The molecule has 84 valence electrons. The Morgan fingerprint density at radius 1 is 1.40 bits per heavy atom. The molecule has 0 aromatic carbocycles. The minimum atomic E-state index is -0.176. The van der Waals surface area contributed by atoms with E-state index in [2.05, 4.69) is 29.1 Å². The van der Waals surface area contributed by atoms with Crippen LogP contribution in [-0.2, 0) is 6.54 Å². The Balaban J connectivity index is 2.54. The van der Waals surface area contributed by atoms with Crippen molar-refractivity contribution in [1.82, 2.24) is 15.3 Å². The SMILES string of the molecule is CCC(CC)(CO)NCc1ccncn1. The van der Waals surface area contributed by atoms with Gasteiger partial charge in [0.15, 0.2) is 0 Å². The molecule has 0 saturated heterocycles. The van der Waals surface area contributed by atoms with E-state index in [0.717, 1.165) is 18.5 Å². The molecule has 0 radical (unpaired) electrons. The van der Waals surface area contributed by atoms with Gasteiger partial charge in [-0.15, -0.1) is 0 Å². The number of nitrogens with zero attached hydrogens (tertiary/aromatic N) is 2. The molecule has 0 aliphatic heterocycles. The van der Waals surface area contributed by atoms with Crippen molar-refractivity contribution in [1.29, 1.82) is 0 Å². The summed E-state index contributed by atoms with van der Waals surface area (Å²) in [6.07, 6.45) is 5.08. The molecular weight excluding hydrogens is 190 g/mol. The van der Waals surface area contributed by atoms with Crippen LogP contribution in [0.1, 0.15) is 32.4 Å². The van der Waals surface area contributed by atoms with Crippen LogP contribution < -0.4 is 5.32 Å². The Morgan fingerprint density at radius 2 is 2.13 bits per heavy atom. The summed E-state index contributed by atoms with van der Waals surface area (Å²) in [5.41, 5.74) is 0.773. The first-order valence-electron chi connectivity index (χ1n) is 5.37. The third-order valence-electron chi connectivity index (χ3n) is 2.94. The van der Waals surface area contributed by atoms with Gasteiger partial charge in [0.05, 0.1) is 12.3 Å². The summed E-state index contributed by atoms with van der Waals surface area (Å²) in [5, 5.41) is 12.7. The van der Waals surface area contributed by atoms with Crippen molar-refractivity contribution in [3.05, 3.63) is 24.3 Å². The van der Waals surface area contributed by atoms with Gasteiger partial charge < -0.3 is 10.4 Å². The predicted molar refractivity (Wildman–Crippen MR) is 59.3 cm³/mol. The summed E-state index contributed by atoms with van der Waals surface area (Å²) in [7, 11) is 0. The molecule has 2 N–H and O–H groups in total. The van der Waals surface area contributed by atoms with E-state index in [1.54, 1.807) is 6.20 Å². The van der Waals surface area contributed by atoms with Crippen molar-refractivity contribution < 1.29 is 5.11 Å². The average molecular weight is 209 g/mol. The Labute approximate surface area is 90.8 Å². The van der Waals surface area contributed by atoms with E-state index in [0.29, 0.717) is 6.54 Å². The van der Waals surface area contributed by atoms with Crippen LogP contribution in [-0.4, -0.2) is 27.2 Å². The maximum Gasteiger partial charge on any atom is 0.115 e. The van der Waals surface area contributed by atoms with Gasteiger partial charge in [0.25, 0.3) is 0 Å². The van der Waals surface area contributed by atoms with Gasteiger partial charge in [-0.3, -0.25) is 0 Å². The smallest absolute Gasteiger partial charge is 0.115 e. The Morgan fingerprint density at radius 3 is 2.60 bits per heavy atom. The molecule has 15 heavy (non-hydrogen) atoms. The highest BCUT2D eigenvalue weighted by Crippen LogP contribution is 2.14. The van der Waals surface area contributed by atoms with Crippen LogP contribution in [0.4, 0.5) is 0 Å². The van der Waals surface area contributed by atoms with Gasteiger partial charge in [0, 0.05) is 18.3 Å². The van der Waals surface area contributed by atoms with Crippen LogP contribution in [0.15, 0.2) is 18.6 Å². The van der Waals surface area contributed by atoms with E-state index in [4.69, 9.17) is 0 Å². The van der Waals surface area contributed by atoms with Gasteiger partial charge in [-0.25, -0.2) is 9.97 Å². The molecule has 4 nitrogen and oxygen atoms in total. The second-order valence-corrected chi connectivity index (χ2v) is 3.70. The lowest BCUT2D eigenvalue weighted by Crippen LogP contribution is -2.47. The van der Waals surface area contributed by atoms with E-state index in [1.807, 2.05) is 6.07 Å². The number of rotatable bonds is 6. The van der Waals surface area contributed by atoms with Crippen molar-refractivity contribution >= 4 is 0 Å². The zero-order valence-corrected chi connectivity index (χ0v) is 9.40. The maximum atomic E-state index is 9.36. The monoisotopic (exact) mass is 209 g/mol. The first kappa shape index (κ1) is 12.1. The lowest BCUT2D eigenvalue weighted by molar-refractivity contribution is 0.149. The maximum absolute atomic E-state index is 9.36. The summed E-state index contributed by atoms with van der Waals surface area (Å²) in [6, 6.07) is 1.88. The van der Waals surface area contributed by atoms with Crippen LogP contribution in [0, 0.1) is 0 Å². The summed E-state index contributed by atoms with van der Waals surface area (Å²) in [6.45, 7) is 4.98. The molecule has 0 bridgehead atoms. The molecule has 0 amide bonds. The summed E-state index contributed by atoms with van der Waals surface area (Å²) < 4.78 is 0. The van der Waals surface area contributed by atoms with Crippen molar-refractivity contribution in [2.45, 2.75) is 38.8 Å². The molecular formula is C11H19N3O. The lowest BCUT2D eigenvalue weighted by Gasteiger charge is -2.30. The Hall–Kier alpha value is -1.00. The van der Waals surface area contributed by atoms with Gasteiger partial charge in [0.2, 0.25) is 0 Å². The van der Waals surface area contributed by atoms with Crippen LogP contribution in [0.5, 0.6) is 0 Å². The van der Waals surface area contributed by atoms with Gasteiger partial charge in [-0.1, -0.05) is 13.8 Å². The van der Waals surface area contributed by atoms with Crippen LogP contribution in [0.2, 0.25) is 0 Å². The highest BCUT2D eigenvalue weighted by Gasteiger charge is 2.23.